The highest BCUT2D eigenvalue weighted by molar-refractivity contribution is 6.01. The van der Waals surface area contributed by atoms with Crippen molar-refractivity contribution in [3.05, 3.63) is 33.4 Å². The van der Waals surface area contributed by atoms with Gasteiger partial charge < -0.3 is 15.2 Å². The number of aromatic hydroxyl groups is 1. The van der Waals surface area contributed by atoms with Gasteiger partial charge in [0.05, 0.1) is 12.0 Å². The minimum Gasteiger partial charge on any atom is -0.500 e. The zero-order valence-corrected chi connectivity index (χ0v) is 12.8. The molecule has 0 unspecified atom stereocenters. The zero-order valence-electron chi connectivity index (χ0n) is 12.8. The Morgan fingerprint density at radius 3 is 2.78 bits per heavy atom. The Hall–Kier alpha value is -3.08. The largest absolute Gasteiger partial charge is 0.500 e. The summed E-state index contributed by atoms with van der Waals surface area (Å²) >= 11 is 0. The molecule has 8 heteroatoms. The number of phenols is 1. The summed E-state index contributed by atoms with van der Waals surface area (Å²) in [5.41, 5.74) is -0.559. The Kier molecular flexibility index (Phi) is 6.55. The first-order valence-electron chi connectivity index (χ1n) is 6.90. The number of nitro benzene ring substituents is 1. The number of unbranched alkanes of at least 4 members (excludes halogenated alkanes) is 1. The number of nitro groups is 1. The van der Waals surface area contributed by atoms with Gasteiger partial charge in [-0.1, -0.05) is 13.3 Å². The number of hydrogen-bond acceptors (Lipinski definition) is 6. The van der Waals surface area contributed by atoms with Crippen LogP contribution in [-0.4, -0.2) is 29.6 Å². The molecule has 0 aliphatic heterocycles. The fourth-order valence-corrected chi connectivity index (χ4v) is 1.78. The fraction of sp³-hybridized carbons (Fsp3) is 0.333. The van der Waals surface area contributed by atoms with E-state index in [1.807, 2.05) is 6.92 Å². The number of benzene rings is 1. The molecule has 23 heavy (non-hydrogen) atoms. The van der Waals surface area contributed by atoms with Crippen molar-refractivity contribution in [3.63, 3.8) is 0 Å². The van der Waals surface area contributed by atoms with Gasteiger partial charge in [-0.3, -0.25) is 14.9 Å². The molecule has 8 nitrogen and oxygen atoms in total. The highest BCUT2D eigenvalue weighted by atomic mass is 16.6. The molecule has 1 amide bonds. The molecule has 0 aliphatic rings. The van der Waals surface area contributed by atoms with Crippen LogP contribution in [0.2, 0.25) is 0 Å². The van der Waals surface area contributed by atoms with Crippen molar-refractivity contribution >= 4 is 17.7 Å². The predicted molar refractivity (Wildman–Crippen MR) is 82.8 cm³/mol. The van der Waals surface area contributed by atoms with Gasteiger partial charge >= 0.3 is 5.69 Å². The molecule has 0 spiro atoms. The molecule has 0 heterocycles. The molecular weight excluding hydrogens is 302 g/mol. The van der Waals surface area contributed by atoms with Crippen molar-refractivity contribution in [2.75, 3.05) is 13.7 Å². The Balaban J connectivity index is 3.18. The molecule has 0 saturated carbocycles. The maximum absolute atomic E-state index is 11.9. The molecule has 2 N–H and O–H groups in total. The van der Waals surface area contributed by atoms with E-state index in [-0.39, 0.29) is 16.9 Å². The Morgan fingerprint density at radius 2 is 2.26 bits per heavy atom. The van der Waals surface area contributed by atoms with Gasteiger partial charge in [0.15, 0.2) is 5.75 Å². The number of hydrogen-bond donors (Lipinski definition) is 2. The van der Waals surface area contributed by atoms with Crippen LogP contribution >= 0.6 is 0 Å². The number of rotatable bonds is 7. The first-order chi connectivity index (χ1) is 10.9. The van der Waals surface area contributed by atoms with Crippen molar-refractivity contribution in [2.24, 2.45) is 0 Å². The van der Waals surface area contributed by atoms with E-state index >= 15 is 0 Å². The van der Waals surface area contributed by atoms with Crippen molar-refractivity contribution < 1.29 is 19.6 Å². The third kappa shape index (κ3) is 4.71. The molecule has 0 fully saturated rings. The number of nitriles is 1. The standard InChI is InChI=1S/C15H17N3O5/c1-3-4-5-17-15(20)11(9-16)6-10-7-12(18(21)22)14(19)13(8-10)23-2/h6-8,19H,3-5H2,1-2H3,(H,17,20)/b11-6+. The lowest BCUT2D eigenvalue weighted by Crippen LogP contribution is -2.25. The van der Waals surface area contributed by atoms with Crippen LogP contribution in [0.3, 0.4) is 0 Å². The van der Waals surface area contributed by atoms with E-state index in [0.717, 1.165) is 18.9 Å². The van der Waals surface area contributed by atoms with Crippen LogP contribution in [0.5, 0.6) is 11.5 Å². The van der Waals surface area contributed by atoms with Crippen molar-refractivity contribution in [1.29, 1.82) is 5.26 Å². The van der Waals surface area contributed by atoms with Crippen LogP contribution in [0.4, 0.5) is 5.69 Å². The maximum atomic E-state index is 11.9. The number of carbonyl (C=O) groups excluding carboxylic acids is 1. The SMILES string of the molecule is CCCCNC(=O)/C(C#N)=C/c1cc(OC)c(O)c([N+](=O)[O-])c1. The molecule has 0 radical (unpaired) electrons. The Labute approximate surface area is 133 Å². The lowest BCUT2D eigenvalue weighted by molar-refractivity contribution is -0.386. The molecule has 1 aromatic rings. The highest BCUT2D eigenvalue weighted by Crippen LogP contribution is 2.37. The average Bonchev–Trinajstić information content (AvgIpc) is 2.53. The number of ether oxygens (including phenoxy) is 1. The summed E-state index contributed by atoms with van der Waals surface area (Å²) in [5, 5.41) is 32.3. The van der Waals surface area contributed by atoms with Crippen molar-refractivity contribution in [2.45, 2.75) is 19.8 Å². The van der Waals surface area contributed by atoms with E-state index in [2.05, 4.69) is 5.32 Å². The van der Waals surface area contributed by atoms with Crippen molar-refractivity contribution in [1.82, 2.24) is 5.32 Å². The summed E-state index contributed by atoms with van der Waals surface area (Å²) in [4.78, 5) is 22.0. The van der Waals surface area contributed by atoms with Gasteiger partial charge in [0.2, 0.25) is 5.75 Å². The van der Waals surface area contributed by atoms with Gasteiger partial charge in [-0.2, -0.15) is 5.26 Å². The number of phenolic OH excluding ortho intramolecular Hbond substituents is 1. The molecule has 0 bridgehead atoms. The summed E-state index contributed by atoms with van der Waals surface area (Å²) in [5.74, 6) is -1.29. The second-order valence-corrected chi connectivity index (χ2v) is 4.63. The summed E-state index contributed by atoms with van der Waals surface area (Å²) in [6.45, 7) is 2.41. The molecular formula is C15H17N3O5. The smallest absolute Gasteiger partial charge is 0.315 e. The predicted octanol–water partition coefficient (Wildman–Crippen LogP) is 2.13. The second kappa shape index (κ2) is 8.38. The summed E-state index contributed by atoms with van der Waals surface area (Å²) in [7, 11) is 1.24. The molecule has 0 saturated heterocycles. The quantitative estimate of drug-likeness (QED) is 0.261. The van der Waals surface area contributed by atoms with Crippen LogP contribution in [0, 0.1) is 21.4 Å². The monoisotopic (exact) mass is 319 g/mol. The van der Waals surface area contributed by atoms with Crippen LogP contribution in [0.1, 0.15) is 25.3 Å². The number of methoxy groups -OCH3 is 1. The minimum atomic E-state index is -0.775. The first kappa shape index (κ1) is 18.0. The van der Waals surface area contributed by atoms with Crippen molar-refractivity contribution in [3.8, 4) is 17.6 Å². The van der Waals surface area contributed by atoms with Gasteiger partial charge in [0, 0.05) is 12.6 Å². The number of amides is 1. The summed E-state index contributed by atoms with van der Waals surface area (Å²) in [6.07, 6.45) is 2.88. The van der Waals surface area contributed by atoms with E-state index in [0.29, 0.717) is 6.54 Å². The molecule has 1 aromatic carbocycles. The average molecular weight is 319 g/mol. The first-order valence-corrected chi connectivity index (χ1v) is 6.90. The van der Waals surface area contributed by atoms with Crippen LogP contribution in [0.15, 0.2) is 17.7 Å². The Bertz CT molecular complexity index is 676. The van der Waals surface area contributed by atoms with E-state index in [4.69, 9.17) is 10.00 Å². The van der Waals surface area contributed by atoms with E-state index in [1.54, 1.807) is 6.07 Å². The number of nitrogens with zero attached hydrogens (tertiary/aromatic N) is 2. The molecule has 0 aliphatic carbocycles. The lowest BCUT2D eigenvalue weighted by atomic mass is 10.1. The van der Waals surface area contributed by atoms with Gasteiger partial charge in [-0.05, 0) is 24.1 Å². The highest BCUT2D eigenvalue weighted by Gasteiger charge is 2.20. The van der Waals surface area contributed by atoms with Gasteiger partial charge in [0.1, 0.15) is 11.6 Å². The van der Waals surface area contributed by atoms with Gasteiger partial charge in [-0.15, -0.1) is 0 Å². The minimum absolute atomic E-state index is 0.117. The van der Waals surface area contributed by atoms with Gasteiger partial charge in [-0.25, -0.2) is 0 Å². The molecule has 1 rings (SSSR count). The number of nitrogens with one attached hydrogen (secondary N) is 1. The zero-order chi connectivity index (χ0) is 17.4. The van der Waals surface area contributed by atoms with Crippen LogP contribution < -0.4 is 10.1 Å². The summed E-state index contributed by atoms with van der Waals surface area (Å²) < 4.78 is 4.86. The molecule has 122 valence electrons. The van der Waals surface area contributed by atoms with E-state index in [9.17, 15) is 20.0 Å². The van der Waals surface area contributed by atoms with Gasteiger partial charge in [0.25, 0.3) is 5.91 Å². The maximum Gasteiger partial charge on any atom is 0.315 e. The van der Waals surface area contributed by atoms with Crippen LogP contribution in [0.25, 0.3) is 6.08 Å². The molecule has 0 atom stereocenters. The van der Waals surface area contributed by atoms with Crippen LogP contribution in [-0.2, 0) is 4.79 Å². The second-order valence-electron chi connectivity index (χ2n) is 4.63. The third-order valence-corrected chi connectivity index (χ3v) is 2.99. The lowest BCUT2D eigenvalue weighted by Gasteiger charge is -2.06. The molecule has 0 aromatic heterocycles. The third-order valence-electron chi connectivity index (χ3n) is 2.99. The summed E-state index contributed by atoms with van der Waals surface area (Å²) in [6, 6.07) is 4.12. The van der Waals surface area contributed by atoms with E-state index in [1.165, 1.54) is 19.3 Å². The fourth-order valence-electron chi connectivity index (χ4n) is 1.78. The Morgan fingerprint density at radius 1 is 1.57 bits per heavy atom. The normalized spacial score (nSPS) is 10.7. The topological polar surface area (TPSA) is 125 Å². The van der Waals surface area contributed by atoms with E-state index < -0.39 is 22.3 Å². The number of carbonyl (C=O) groups is 1.